The second kappa shape index (κ2) is 5.68. The molecule has 94 valence electrons. The fraction of sp³-hybridized carbons (Fsp3) is 0.625. The molecular formula is C16H25N. The molecule has 0 radical (unpaired) electrons. The van der Waals surface area contributed by atoms with Gasteiger partial charge in [-0.15, -0.1) is 0 Å². The molecular weight excluding hydrogens is 206 g/mol. The first-order valence-corrected chi connectivity index (χ1v) is 7.07. The van der Waals surface area contributed by atoms with E-state index < -0.39 is 0 Å². The molecule has 0 aliphatic heterocycles. The lowest BCUT2D eigenvalue weighted by Crippen LogP contribution is -2.19. The van der Waals surface area contributed by atoms with Gasteiger partial charge >= 0.3 is 0 Å². The maximum Gasteiger partial charge on any atom is 0.0320 e. The smallest absolute Gasteiger partial charge is 0.0320 e. The van der Waals surface area contributed by atoms with Crippen LogP contribution in [0.15, 0.2) is 24.3 Å². The Kier molecular flexibility index (Phi) is 4.22. The summed E-state index contributed by atoms with van der Waals surface area (Å²) in [6.45, 7) is 4.50. The molecule has 2 unspecified atom stereocenters. The molecule has 1 saturated carbocycles. The fourth-order valence-corrected chi connectivity index (χ4v) is 2.73. The van der Waals surface area contributed by atoms with Gasteiger partial charge in [0, 0.05) is 6.04 Å². The van der Waals surface area contributed by atoms with Crippen molar-refractivity contribution in [3.63, 3.8) is 0 Å². The minimum absolute atomic E-state index is 0.204. The minimum atomic E-state index is 0.204. The van der Waals surface area contributed by atoms with Crippen LogP contribution in [0.1, 0.15) is 69.0 Å². The highest BCUT2D eigenvalue weighted by Crippen LogP contribution is 2.37. The third kappa shape index (κ3) is 2.90. The molecule has 17 heavy (non-hydrogen) atoms. The van der Waals surface area contributed by atoms with Crippen LogP contribution in [-0.4, -0.2) is 0 Å². The van der Waals surface area contributed by atoms with Gasteiger partial charge in [-0.05, 0) is 42.2 Å². The van der Waals surface area contributed by atoms with Crippen molar-refractivity contribution in [2.24, 2.45) is 11.7 Å². The van der Waals surface area contributed by atoms with Gasteiger partial charge in [0.25, 0.3) is 0 Å². The maximum absolute atomic E-state index is 6.35. The van der Waals surface area contributed by atoms with E-state index >= 15 is 0 Å². The van der Waals surface area contributed by atoms with Crippen LogP contribution in [0.5, 0.6) is 0 Å². The van der Waals surface area contributed by atoms with Crippen molar-refractivity contribution in [1.82, 2.24) is 0 Å². The van der Waals surface area contributed by atoms with Crippen LogP contribution in [0, 0.1) is 5.92 Å². The molecule has 2 atom stereocenters. The number of nitrogens with two attached hydrogens (primary N) is 1. The first kappa shape index (κ1) is 12.6. The monoisotopic (exact) mass is 231 g/mol. The summed E-state index contributed by atoms with van der Waals surface area (Å²) in [5, 5.41) is 0. The summed E-state index contributed by atoms with van der Waals surface area (Å²) in [5.41, 5.74) is 9.19. The Bertz CT molecular complexity index is 354. The van der Waals surface area contributed by atoms with E-state index in [1.807, 2.05) is 0 Å². The molecule has 1 fully saturated rings. The predicted octanol–water partition coefficient (Wildman–Crippen LogP) is 4.39. The van der Waals surface area contributed by atoms with E-state index in [0.717, 1.165) is 5.92 Å². The maximum atomic E-state index is 6.35. The Hall–Kier alpha value is -0.820. The van der Waals surface area contributed by atoms with E-state index in [4.69, 9.17) is 5.73 Å². The summed E-state index contributed by atoms with van der Waals surface area (Å²) >= 11 is 0. The summed E-state index contributed by atoms with van der Waals surface area (Å²) in [4.78, 5) is 0. The third-order valence-corrected chi connectivity index (χ3v) is 4.23. The van der Waals surface area contributed by atoms with Gasteiger partial charge in [0.05, 0.1) is 0 Å². The summed E-state index contributed by atoms with van der Waals surface area (Å²) in [6.07, 6.45) is 6.56. The number of rotatable bonds is 5. The quantitative estimate of drug-likeness (QED) is 0.799. The van der Waals surface area contributed by atoms with Gasteiger partial charge in [0.1, 0.15) is 0 Å². The Morgan fingerprint density at radius 1 is 1.35 bits per heavy atom. The zero-order chi connectivity index (χ0) is 12.3. The van der Waals surface area contributed by atoms with Crippen molar-refractivity contribution in [2.75, 3.05) is 0 Å². The van der Waals surface area contributed by atoms with Crippen molar-refractivity contribution < 1.29 is 0 Å². The van der Waals surface area contributed by atoms with Gasteiger partial charge in [0.2, 0.25) is 0 Å². The highest BCUT2D eigenvalue weighted by molar-refractivity contribution is 5.29. The second-order valence-corrected chi connectivity index (χ2v) is 5.59. The summed E-state index contributed by atoms with van der Waals surface area (Å²) in [5.74, 6) is 1.39. The SMILES string of the molecule is CCCC(C)C(N)c1cccc(C2CCC2)c1. The standard InChI is InChI=1S/C16H25N/c1-3-6-12(2)16(17)15-10-5-9-14(11-15)13-7-4-8-13/h5,9-13,16H,3-4,6-8,17H2,1-2H3. The molecule has 1 aliphatic rings. The molecule has 1 heteroatoms. The average Bonchev–Trinajstić information content (AvgIpc) is 2.26. The minimum Gasteiger partial charge on any atom is -0.324 e. The van der Waals surface area contributed by atoms with Crippen LogP contribution in [0.3, 0.4) is 0 Å². The normalized spacial score (nSPS) is 19.7. The lowest BCUT2D eigenvalue weighted by Gasteiger charge is -2.27. The van der Waals surface area contributed by atoms with Crippen molar-refractivity contribution in [2.45, 2.75) is 57.9 Å². The Morgan fingerprint density at radius 2 is 2.12 bits per heavy atom. The topological polar surface area (TPSA) is 26.0 Å². The van der Waals surface area contributed by atoms with E-state index in [2.05, 4.69) is 38.1 Å². The van der Waals surface area contributed by atoms with Gasteiger partial charge in [0.15, 0.2) is 0 Å². The zero-order valence-corrected chi connectivity index (χ0v) is 11.2. The molecule has 0 bridgehead atoms. The third-order valence-electron chi connectivity index (χ3n) is 4.23. The second-order valence-electron chi connectivity index (χ2n) is 5.59. The van der Waals surface area contributed by atoms with Crippen LogP contribution < -0.4 is 5.73 Å². The number of hydrogen-bond acceptors (Lipinski definition) is 1. The predicted molar refractivity (Wildman–Crippen MR) is 74.0 cm³/mol. The Labute approximate surface area is 105 Å². The van der Waals surface area contributed by atoms with Gasteiger partial charge in [-0.2, -0.15) is 0 Å². The van der Waals surface area contributed by atoms with Gasteiger partial charge in [-0.1, -0.05) is 51.0 Å². The van der Waals surface area contributed by atoms with E-state index in [0.29, 0.717) is 5.92 Å². The van der Waals surface area contributed by atoms with Gasteiger partial charge in [-0.25, -0.2) is 0 Å². The summed E-state index contributed by atoms with van der Waals surface area (Å²) < 4.78 is 0. The first-order valence-electron chi connectivity index (χ1n) is 7.07. The molecule has 1 nitrogen and oxygen atoms in total. The van der Waals surface area contributed by atoms with Crippen LogP contribution >= 0.6 is 0 Å². The fourth-order valence-electron chi connectivity index (χ4n) is 2.73. The van der Waals surface area contributed by atoms with E-state index in [-0.39, 0.29) is 6.04 Å². The summed E-state index contributed by atoms with van der Waals surface area (Å²) in [6, 6.07) is 9.20. The van der Waals surface area contributed by atoms with Crippen LogP contribution in [0.4, 0.5) is 0 Å². The Balaban J connectivity index is 2.09. The highest BCUT2D eigenvalue weighted by Gasteiger charge is 2.21. The van der Waals surface area contributed by atoms with Crippen LogP contribution in [0.2, 0.25) is 0 Å². The highest BCUT2D eigenvalue weighted by atomic mass is 14.6. The molecule has 0 aromatic heterocycles. The molecule has 1 aromatic carbocycles. The zero-order valence-electron chi connectivity index (χ0n) is 11.2. The van der Waals surface area contributed by atoms with Crippen molar-refractivity contribution in [1.29, 1.82) is 0 Å². The lowest BCUT2D eigenvalue weighted by atomic mass is 9.79. The van der Waals surface area contributed by atoms with Crippen molar-refractivity contribution in [3.05, 3.63) is 35.4 Å². The molecule has 0 heterocycles. The largest absolute Gasteiger partial charge is 0.324 e. The van der Waals surface area contributed by atoms with Gasteiger partial charge < -0.3 is 5.73 Å². The lowest BCUT2D eigenvalue weighted by molar-refractivity contribution is 0.415. The molecule has 0 amide bonds. The molecule has 2 rings (SSSR count). The molecule has 2 N–H and O–H groups in total. The molecule has 0 spiro atoms. The first-order chi connectivity index (χ1) is 8.22. The van der Waals surface area contributed by atoms with E-state index in [1.54, 1.807) is 0 Å². The van der Waals surface area contributed by atoms with Crippen LogP contribution in [0.25, 0.3) is 0 Å². The van der Waals surface area contributed by atoms with E-state index in [9.17, 15) is 0 Å². The van der Waals surface area contributed by atoms with Crippen molar-refractivity contribution >= 4 is 0 Å². The van der Waals surface area contributed by atoms with Crippen LogP contribution in [-0.2, 0) is 0 Å². The van der Waals surface area contributed by atoms with Crippen molar-refractivity contribution in [3.8, 4) is 0 Å². The van der Waals surface area contributed by atoms with Gasteiger partial charge in [-0.3, -0.25) is 0 Å². The molecule has 1 aromatic rings. The van der Waals surface area contributed by atoms with E-state index in [1.165, 1.54) is 43.2 Å². The summed E-state index contributed by atoms with van der Waals surface area (Å²) in [7, 11) is 0. The molecule has 1 aliphatic carbocycles. The Morgan fingerprint density at radius 3 is 2.71 bits per heavy atom. The average molecular weight is 231 g/mol. The number of hydrogen-bond donors (Lipinski definition) is 1. The number of benzene rings is 1. The molecule has 0 saturated heterocycles.